The zero-order valence-electron chi connectivity index (χ0n) is 16.8. The number of benzene rings is 2. The average molecular weight is 424 g/mol. The lowest BCUT2D eigenvalue weighted by Crippen LogP contribution is -2.29. The van der Waals surface area contributed by atoms with E-state index in [9.17, 15) is 9.59 Å². The van der Waals surface area contributed by atoms with Crippen LogP contribution in [0.15, 0.2) is 48.5 Å². The first-order valence-corrected chi connectivity index (χ1v) is 11.1. The number of hydrogen-bond donors (Lipinski definition) is 1. The Kier molecular flexibility index (Phi) is 6.59. The van der Waals surface area contributed by atoms with Gasteiger partial charge in [-0.2, -0.15) is 0 Å². The van der Waals surface area contributed by atoms with Crippen LogP contribution in [-0.4, -0.2) is 36.6 Å². The molecule has 0 bridgehead atoms. The summed E-state index contributed by atoms with van der Waals surface area (Å²) in [5, 5.41) is 3.67. The Balaban J connectivity index is 1.19. The Hall–Kier alpha value is -2.93. The van der Waals surface area contributed by atoms with Gasteiger partial charge in [0.05, 0.1) is 21.6 Å². The first-order chi connectivity index (χ1) is 14.7. The number of nitrogens with zero attached hydrogens (tertiary/aromatic N) is 2. The number of fused-ring (bicyclic) bond motifs is 1. The molecule has 1 aliphatic heterocycles. The molecule has 1 saturated heterocycles. The molecule has 0 radical (unpaired) electrons. The number of aryl methyl sites for hydroxylation is 1. The Morgan fingerprint density at radius 1 is 1.03 bits per heavy atom. The molecule has 0 atom stereocenters. The number of para-hydroxylation sites is 1. The second-order valence-corrected chi connectivity index (χ2v) is 8.49. The van der Waals surface area contributed by atoms with Crippen LogP contribution in [-0.2, 0) is 20.7 Å². The van der Waals surface area contributed by atoms with Crippen molar-refractivity contribution in [3.8, 4) is 0 Å². The Morgan fingerprint density at radius 3 is 2.57 bits per heavy atom. The second kappa shape index (κ2) is 9.71. The van der Waals surface area contributed by atoms with Gasteiger partial charge in [0.2, 0.25) is 0 Å². The fourth-order valence-corrected chi connectivity index (χ4v) is 4.53. The van der Waals surface area contributed by atoms with Gasteiger partial charge < -0.3 is 15.0 Å². The minimum atomic E-state index is -0.398. The molecule has 7 heteroatoms. The van der Waals surface area contributed by atoms with E-state index in [4.69, 9.17) is 4.74 Å². The van der Waals surface area contributed by atoms with E-state index in [2.05, 4.69) is 15.2 Å². The van der Waals surface area contributed by atoms with Crippen molar-refractivity contribution in [2.75, 3.05) is 29.9 Å². The summed E-state index contributed by atoms with van der Waals surface area (Å²) in [6, 6.07) is 15.7. The van der Waals surface area contributed by atoms with E-state index in [0.717, 1.165) is 28.3 Å². The Morgan fingerprint density at radius 2 is 1.80 bits per heavy atom. The summed E-state index contributed by atoms with van der Waals surface area (Å²) in [7, 11) is 0. The highest BCUT2D eigenvalue weighted by Gasteiger charge is 2.12. The number of ether oxygens (including phenoxy) is 1. The Bertz CT molecular complexity index is 977. The predicted molar refractivity (Wildman–Crippen MR) is 120 cm³/mol. The van der Waals surface area contributed by atoms with Crippen LogP contribution < -0.4 is 10.2 Å². The van der Waals surface area contributed by atoms with Crippen LogP contribution in [0, 0.1) is 0 Å². The molecule has 30 heavy (non-hydrogen) atoms. The normalized spacial score (nSPS) is 13.9. The van der Waals surface area contributed by atoms with Crippen LogP contribution in [0.4, 0.5) is 11.4 Å². The molecule has 1 N–H and O–H groups in total. The van der Waals surface area contributed by atoms with E-state index in [0.29, 0.717) is 12.1 Å². The maximum Gasteiger partial charge on any atom is 0.306 e. The number of hydrogen-bond acceptors (Lipinski definition) is 6. The summed E-state index contributed by atoms with van der Waals surface area (Å²) in [5.74, 6) is -0.737. The van der Waals surface area contributed by atoms with E-state index in [1.807, 2.05) is 48.5 Å². The summed E-state index contributed by atoms with van der Waals surface area (Å²) < 4.78 is 6.21. The van der Waals surface area contributed by atoms with Gasteiger partial charge in [0.15, 0.2) is 6.61 Å². The van der Waals surface area contributed by atoms with Crippen LogP contribution in [0.25, 0.3) is 10.2 Å². The lowest BCUT2D eigenvalue weighted by molar-refractivity contribution is -0.147. The molecule has 4 rings (SSSR count). The van der Waals surface area contributed by atoms with Crippen molar-refractivity contribution in [1.82, 2.24) is 4.98 Å². The van der Waals surface area contributed by atoms with Crippen LogP contribution in [0.3, 0.4) is 0 Å². The minimum absolute atomic E-state index is 0.206. The van der Waals surface area contributed by atoms with Crippen molar-refractivity contribution in [1.29, 1.82) is 0 Å². The molecule has 1 fully saturated rings. The second-order valence-electron chi connectivity index (χ2n) is 7.38. The number of piperidine rings is 1. The van der Waals surface area contributed by atoms with Crippen molar-refractivity contribution >= 4 is 44.8 Å². The Labute approximate surface area is 179 Å². The number of anilines is 2. The number of carbonyl (C=O) groups excluding carboxylic acids is 2. The predicted octanol–water partition coefficient (Wildman–Crippen LogP) is 4.40. The fraction of sp³-hybridized carbons (Fsp3) is 0.348. The average Bonchev–Trinajstić information content (AvgIpc) is 3.20. The maximum atomic E-state index is 12.1. The standard InChI is InChI=1S/C23H25N3O3S/c27-21(24-17-8-10-18(11-9-17)26-14-4-1-5-15-26)16-29-23(28)13-12-22-25-19-6-2-3-7-20(19)30-22/h2-3,6-11H,1,4-5,12-16H2,(H,24,27). The number of amides is 1. The molecule has 2 aromatic carbocycles. The number of carbonyl (C=O) groups is 2. The molecular weight excluding hydrogens is 398 g/mol. The third-order valence-electron chi connectivity index (χ3n) is 5.12. The molecule has 1 aliphatic rings. The first-order valence-electron chi connectivity index (χ1n) is 10.3. The van der Waals surface area contributed by atoms with Gasteiger partial charge >= 0.3 is 5.97 Å². The first kappa shape index (κ1) is 20.3. The molecule has 156 valence electrons. The largest absolute Gasteiger partial charge is 0.456 e. The number of esters is 1. The summed E-state index contributed by atoms with van der Waals surface area (Å²) in [6.45, 7) is 1.88. The van der Waals surface area contributed by atoms with E-state index >= 15 is 0 Å². The monoisotopic (exact) mass is 423 g/mol. The van der Waals surface area contributed by atoms with Crippen molar-refractivity contribution in [3.05, 3.63) is 53.5 Å². The van der Waals surface area contributed by atoms with Crippen molar-refractivity contribution in [2.45, 2.75) is 32.1 Å². The number of rotatable bonds is 7. The zero-order valence-corrected chi connectivity index (χ0v) is 17.6. The highest BCUT2D eigenvalue weighted by Crippen LogP contribution is 2.23. The lowest BCUT2D eigenvalue weighted by Gasteiger charge is -2.28. The maximum absolute atomic E-state index is 12.1. The number of aromatic nitrogens is 1. The molecular formula is C23H25N3O3S. The smallest absolute Gasteiger partial charge is 0.306 e. The molecule has 1 amide bonds. The lowest BCUT2D eigenvalue weighted by atomic mass is 10.1. The van der Waals surface area contributed by atoms with E-state index in [1.165, 1.54) is 24.9 Å². The summed E-state index contributed by atoms with van der Waals surface area (Å²) in [4.78, 5) is 30.9. The highest BCUT2D eigenvalue weighted by molar-refractivity contribution is 7.18. The number of nitrogens with one attached hydrogen (secondary N) is 1. The molecule has 0 unspecified atom stereocenters. The summed E-state index contributed by atoms with van der Waals surface area (Å²) in [6.07, 6.45) is 4.46. The van der Waals surface area contributed by atoms with Gasteiger partial charge in [-0.05, 0) is 55.7 Å². The van der Waals surface area contributed by atoms with E-state index in [1.54, 1.807) is 11.3 Å². The molecule has 3 aromatic rings. The van der Waals surface area contributed by atoms with E-state index < -0.39 is 5.97 Å². The molecule has 6 nitrogen and oxygen atoms in total. The molecule has 2 heterocycles. The zero-order chi connectivity index (χ0) is 20.8. The van der Waals surface area contributed by atoms with Gasteiger partial charge in [-0.15, -0.1) is 11.3 Å². The van der Waals surface area contributed by atoms with Gasteiger partial charge in [-0.3, -0.25) is 9.59 Å². The summed E-state index contributed by atoms with van der Waals surface area (Å²) in [5.41, 5.74) is 2.82. The third-order valence-corrected chi connectivity index (χ3v) is 6.21. The number of thiazole rings is 1. The topological polar surface area (TPSA) is 71.5 Å². The molecule has 0 saturated carbocycles. The van der Waals surface area contributed by atoms with Crippen LogP contribution in [0.1, 0.15) is 30.7 Å². The van der Waals surface area contributed by atoms with Gasteiger partial charge in [0, 0.05) is 30.9 Å². The van der Waals surface area contributed by atoms with Crippen molar-refractivity contribution in [3.63, 3.8) is 0 Å². The minimum Gasteiger partial charge on any atom is -0.456 e. The highest BCUT2D eigenvalue weighted by atomic mass is 32.1. The third kappa shape index (κ3) is 5.36. The SMILES string of the molecule is O=C(COC(=O)CCc1nc2ccccc2s1)Nc1ccc(N2CCCCC2)cc1. The van der Waals surface area contributed by atoms with Crippen LogP contribution >= 0.6 is 11.3 Å². The van der Waals surface area contributed by atoms with Crippen LogP contribution in [0.5, 0.6) is 0 Å². The van der Waals surface area contributed by atoms with Gasteiger partial charge in [0.25, 0.3) is 5.91 Å². The molecule has 0 aliphatic carbocycles. The van der Waals surface area contributed by atoms with Gasteiger partial charge in [-0.25, -0.2) is 4.98 Å². The van der Waals surface area contributed by atoms with Gasteiger partial charge in [0.1, 0.15) is 0 Å². The van der Waals surface area contributed by atoms with Crippen LogP contribution in [0.2, 0.25) is 0 Å². The van der Waals surface area contributed by atoms with Gasteiger partial charge in [-0.1, -0.05) is 12.1 Å². The van der Waals surface area contributed by atoms with Crippen molar-refractivity contribution < 1.29 is 14.3 Å². The molecule has 0 spiro atoms. The molecule has 1 aromatic heterocycles. The fourth-order valence-electron chi connectivity index (χ4n) is 3.56. The summed E-state index contributed by atoms with van der Waals surface area (Å²) >= 11 is 1.58. The van der Waals surface area contributed by atoms with E-state index in [-0.39, 0.29) is 18.9 Å². The quantitative estimate of drug-likeness (QED) is 0.570. The van der Waals surface area contributed by atoms with Crippen molar-refractivity contribution in [2.24, 2.45) is 0 Å².